The van der Waals surface area contributed by atoms with Gasteiger partial charge in [-0.05, 0) is 25.8 Å². The molecule has 14 N–H and O–H groups in total. The lowest BCUT2D eigenvalue weighted by atomic mass is 9.88. The van der Waals surface area contributed by atoms with E-state index in [1.807, 2.05) is 0 Å². The second-order valence-corrected chi connectivity index (χ2v) is 13.0. The summed E-state index contributed by atoms with van der Waals surface area (Å²) in [6.45, 7) is 0.134. The first kappa shape index (κ1) is 44.2. The molecule has 3 fully saturated rings. The van der Waals surface area contributed by atoms with Crippen LogP contribution in [0.1, 0.15) is 39.5 Å². The van der Waals surface area contributed by atoms with Gasteiger partial charge in [-0.15, -0.1) is 0 Å². The smallest absolute Gasteiger partial charge is 0.364 e. The maximum Gasteiger partial charge on any atom is 0.364 e. The number of aliphatic hydroxyl groups is 9. The van der Waals surface area contributed by atoms with Crippen LogP contribution in [-0.2, 0) is 42.8 Å². The molecule has 3 saturated heterocycles. The molecule has 22 nitrogen and oxygen atoms in total. The lowest BCUT2D eigenvalue weighted by Crippen LogP contribution is -2.69. The van der Waals surface area contributed by atoms with Gasteiger partial charge in [0.15, 0.2) is 12.6 Å². The third-order valence-corrected chi connectivity index (χ3v) is 8.98. The van der Waals surface area contributed by atoms with Crippen LogP contribution in [0.25, 0.3) is 0 Å². The van der Waals surface area contributed by atoms with Crippen LogP contribution in [0, 0.1) is 0 Å². The normalized spacial score (nSPS) is 39.3. The van der Waals surface area contributed by atoms with E-state index in [1.165, 1.54) is 6.92 Å². The van der Waals surface area contributed by atoms with Crippen molar-refractivity contribution < 1.29 is 93.9 Å². The Labute approximate surface area is 298 Å². The molecule has 0 unspecified atom stereocenters. The summed E-state index contributed by atoms with van der Waals surface area (Å²) < 4.78 is 34.0. The van der Waals surface area contributed by atoms with E-state index < -0.39 is 142 Å². The topological polar surface area (TPSA) is 359 Å². The first-order valence-corrected chi connectivity index (χ1v) is 16.9. The molecule has 0 aromatic rings. The number of nitrogens with one attached hydrogen (secondary N) is 2. The zero-order valence-corrected chi connectivity index (χ0v) is 28.7. The number of ether oxygens (including phenoxy) is 6. The minimum absolute atomic E-state index is 0.154. The number of aliphatic carboxylic acids is 1. The molecule has 0 radical (unpaired) electrons. The molecule has 0 aliphatic carbocycles. The van der Waals surface area contributed by atoms with Gasteiger partial charge in [0.25, 0.3) is 5.79 Å². The molecule has 0 aromatic heterocycles. The van der Waals surface area contributed by atoms with Crippen molar-refractivity contribution in [2.75, 3.05) is 33.0 Å². The summed E-state index contributed by atoms with van der Waals surface area (Å²) >= 11 is 0. The number of carbonyl (C=O) groups excluding carboxylic acids is 2. The summed E-state index contributed by atoms with van der Waals surface area (Å²) in [7, 11) is 0. The maximum absolute atomic E-state index is 12.5. The molecule has 22 heteroatoms. The lowest BCUT2D eigenvalue weighted by molar-refractivity contribution is -0.360. The summed E-state index contributed by atoms with van der Waals surface area (Å²) in [5, 5.41) is 109. The molecule has 3 aliphatic heterocycles. The van der Waals surface area contributed by atoms with E-state index in [2.05, 4.69) is 10.6 Å². The summed E-state index contributed by atoms with van der Waals surface area (Å²) in [6.07, 6.45) is -21.9. The number of amides is 2. The fourth-order valence-corrected chi connectivity index (χ4v) is 6.20. The van der Waals surface area contributed by atoms with Crippen molar-refractivity contribution in [3.8, 4) is 0 Å². The Bertz CT molecular complexity index is 1160. The Balaban J connectivity index is 1.81. The average molecular weight is 760 g/mol. The molecular weight excluding hydrogens is 706 g/mol. The number of carboxylic acids is 1. The highest BCUT2D eigenvalue weighted by atomic mass is 16.8. The van der Waals surface area contributed by atoms with E-state index in [1.54, 1.807) is 0 Å². The fraction of sp³-hybridized carbons (Fsp3) is 0.900. The molecular formula is C30H53N3O19. The van der Waals surface area contributed by atoms with Gasteiger partial charge >= 0.3 is 5.97 Å². The highest BCUT2D eigenvalue weighted by Crippen LogP contribution is 2.35. The first-order chi connectivity index (χ1) is 24.5. The third-order valence-electron chi connectivity index (χ3n) is 8.98. The van der Waals surface area contributed by atoms with Gasteiger partial charge in [0.2, 0.25) is 11.8 Å². The Morgan fingerprint density at radius 2 is 1.50 bits per heavy atom. The number of hydrogen-bond acceptors (Lipinski definition) is 19. The van der Waals surface area contributed by atoms with E-state index in [9.17, 15) is 65.4 Å². The Kier molecular flexibility index (Phi) is 16.9. The summed E-state index contributed by atoms with van der Waals surface area (Å²) in [6, 6.07) is -2.74. The van der Waals surface area contributed by atoms with Crippen molar-refractivity contribution >= 4 is 17.8 Å². The number of aliphatic hydroxyl groups excluding tert-OH is 9. The predicted octanol–water partition coefficient (Wildman–Crippen LogP) is -6.93. The molecule has 52 heavy (non-hydrogen) atoms. The van der Waals surface area contributed by atoms with E-state index >= 15 is 0 Å². The molecule has 3 aliphatic rings. The van der Waals surface area contributed by atoms with Crippen molar-refractivity contribution in [2.24, 2.45) is 5.73 Å². The minimum Gasteiger partial charge on any atom is -0.477 e. The molecule has 3 rings (SSSR count). The number of carbonyl (C=O) groups is 3. The van der Waals surface area contributed by atoms with Crippen molar-refractivity contribution in [1.29, 1.82) is 0 Å². The standard InChI is InChI=1S/C30H53N3O19/c1-12(36)32-18-14(38)8-30(29(45)46,52-26(18)20(40)15(39)9-34)48-11-17-21(41)23(43)24(44)28(50-17)51-25-16(10-35)49-27(47-7-5-3-4-6-31)19(22(25)42)33-13(2)37/h14-28,34-35,38-44H,3-11,31H2,1-2H3,(H,32,36)(H,33,37)(H,45,46)/t14-,15+,16+,17+,18+,19+,20-,21+,22+,23-,24-,25+,26+,27+,28-,30+/m0/s1. The second kappa shape index (κ2) is 19.9. The van der Waals surface area contributed by atoms with E-state index in [4.69, 9.17) is 34.2 Å². The van der Waals surface area contributed by atoms with Crippen molar-refractivity contribution in [3.63, 3.8) is 0 Å². The SMILES string of the molecule is CC(=O)N[C@H]1[C@H](OCCCCCN)O[C@H](CO)[C@@H](O[C@@H]2O[C@H](CO[C@]3(C(=O)O)C[C@H](O)[C@@H](NC(C)=O)[C@H]([C@@H](O)[C@H](O)CO)O3)[C@@H](O)[C@H](O)[C@@H]2O)[C@@H]1O. The number of nitrogens with two attached hydrogens (primary N) is 1. The van der Waals surface area contributed by atoms with Gasteiger partial charge in [-0.1, -0.05) is 0 Å². The van der Waals surface area contributed by atoms with Crippen molar-refractivity contribution in [2.45, 2.75) is 137 Å². The van der Waals surface area contributed by atoms with E-state index in [0.29, 0.717) is 13.0 Å². The fourth-order valence-electron chi connectivity index (χ4n) is 6.20. The van der Waals surface area contributed by atoms with Gasteiger partial charge in [0.05, 0.1) is 32.0 Å². The molecule has 0 spiro atoms. The molecule has 302 valence electrons. The predicted molar refractivity (Wildman–Crippen MR) is 168 cm³/mol. The lowest BCUT2D eigenvalue weighted by Gasteiger charge is -2.48. The minimum atomic E-state index is -2.84. The molecule has 2 amide bonds. The average Bonchev–Trinajstić information content (AvgIpc) is 3.09. The van der Waals surface area contributed by atoms with Gasteiger partial charge in [-0.2, -0.15) is 0 Å². The van der Waals surface area contributed by atoms with Gasteiger partial charge in [-0.3, -0.25) is 9.59 Å². The van der Waals surface area contributed by atoms with Crippen LogP contribution in [0.3, 0.4) is 0 Å². The van der Waals surface area contributed by atoms with Crippen LogP contribution >= 0.6 is 0 Å². The Morgan fingerprint density at radius 3 is 2.08 bits per heavy atom. The zero-order valence-electron chi connectivity index (χ0n) is 28.7. The number of carboxylic acid groups (broad SMARTS) is 1. The second-order valence-electron chi connectivity index (χ2n) is 13.0. The summed E-state index contributed by atoms with van der Waals surface area (Å²) in [5.74, 6) is -6.00. The molecule has 3 heterocycles. The Morgan fingerprint density at radius 1 is 0.865 bits per heavy atom. The highest BCUT2D eigenvalue weighted by Gasteiger charge is 2.57. The van der Waals surface area contributed by atoms with Crippen molar-refractivity contribution in [1.82, 2.24) is 10.6 Å². The summed E-state index contributed by atoms with van der Waals surface area (Å²) in [5.41, 5.74) is 5.51. The first-order valence-electron chi connectivity index (χ1n) is 16.9. The molecule has 16 atom stereocenters. The number of rotatable bonds is 18. The molecule has 0 saturated carbocycles. The third kappa shape index (κ3) is 10.7. The monoisotopic (exact) mass is 759 g/mol. The maximum atomic E-state index is 12.5. The van der Waals surface area contributed by atoms with Crippen molar-refractivity contribution in [3.05, 3.63) is 0 Å². The van der Waals surface area contributed by atoms with Crippen LogP contribution < -0.4 is 16.4 Å². The highest BCUT2D eigenvalue weighted by molar-refractivity contribution is 5.76. The molecule has 0 aromatic carbocycles. The van der Waals surface area contributed by atoms with E-state index in [-0.39, 0.29) is 6.61 Å². The Hall–Kier alpha value is -2.23. The van der Waals surface area contributed by atoms with Gasteiger partial charge in [0, 0.05) is 26.9 Å². The van der Waals surface area contributed by atoms with Crippen LogP contribution in [0.2, 0.25) is 0 Å². The van der Waals surface area contributed by atoms with E-state index in [0.717, 1.165) is 19.8 Å². The van der Waals surface area contributed by atoms with Crippen LogP contribution in [0.15, 0.2) is 0 Å². The quantitative estimate of drug-likeness (QED) is 0.0577. The number of hydrogen-bond donors (Lipinski definition) is 13. The van der Waals surface area contributed by atoms with Gasteiger partial charge in [-0.25, -0.2) is 4.79 Å². The van der Waals surface area contributed by atoms with Gasteiger partial charge < -0.3 is 95.9 Å². The van der Waals surface area contributed by atoms with Crippen LogP contribution in [0.4, 0.5) is 0 Å². The zero-order chi connectivity index (χ0) is 38.9. The molecule has 0 bridgehead atoms. The summed E-state index contributed by atoms with van der Waals surface area (Å²) in [4.78, 5) is 36.3. The van der Waals surface area contributed by atoms with Gasteiger partial charge in [0.1, 0.15) is 67.1 Å². The van der Waals surface area contributed by atoms with Crippen LogP contribution in [0.5, 0.6) is 0 Å². The van der Waals surface area contributed by atoms with Crippen LogP contribution in [-0.4, -0.2) is 199 Å². The number of unbranched alkanes of at least 4 members (excludes halogenated alkanes) is 2. The largest absolute Gasteiger partial charge is 0.477 e.